The first-order valence-corrected chi connectivity index (χ1v) is 6.82. The molecule has 0 radical (unpaired) electrons. The first-order chi connectivity index (χ1) is 11.0. The van der Waals surface area contributed by atoms with E-state index in [1.807, 2.05) is 0 Å². The summed E-state index contributed by atoms with van der Waals surface area (Å²) >= 11 is 0. The van der Waals surface area contributed by atoms with Gasteiger partial charge in [0.1, 0.15) is 17.3 Å². The molecule has 1 amide bonds. The molecular formula is C16H12N4O3. The maximum atomic E-state index is 12.4. The van der Waals surface area contributed by atoms with E-state index in [0.717, 1.165) is 6.08 Å². The standard InChI is InChI=1S/C16H12N4O3/c1-9(21)18-11-8-12(22)10-5-6-14(20-15(10)16(11)23)19-13-4-2-3-7-17-13/h2-8H,1H3,(H,18,21)(H,17,19,20). The summed E-state index contributed by atoms with van der Waals surface area (Å²) in [6.07, 6.45) is 2.73. The summed E-state index contributed by atoms with van der Waals surface area (Å²) in [4.78, 5) is 43.8. The third-order valence-electron chi connectivity index (χ3n) is 3.13. The number of nitrogens with one attached hydrogen (secondary N) is 2. The van der Waals surface area contributed by atoms with Gasteiger partial charge in [-0.25, -0.2) is 9.97 Å². The number of aromatic nitrogens is 2. The summed E-state index contributed by atoms with van der Waals surface area (Å²) < 4.78 is 0. The van der Waals surface area contributed by atoms with Crippen LogP contribution in [0, 0.1) is 0 Å². The van der Waals surface area contributed by atoms with E-state index in [2.05, 4.69) is 20.6 Å². The Balaban J connectivity index is 1.94. The summed E-state index contributed by atoms with van der Waals surface area (Å²) in [5, 5.41) is 5.30. The highest BCUT2D eigenvalue weighted by Crippen LogP contribution is 2.21. The molecule has 2 N–H and O–H groups in total. The molecule has 23 heavy (non-hydrogen) atoms. The van der Waals surface area contributed by atoms with Crippen LogP contribution < -0.4 is 10.6 Å². The lowest BCUT2D eigenvalue weighted by Crippen LogP contribution is -2.30. The lowest BCUT2D eigenvalue weighted by molar-refractivity contribution is -0.118. The number of Topliss-reactive ketones (excluding diaryl/α,β-unsaturated/α-hetero) is 1. The van der Waals surface area contributed by atoms with Crippen molar-refractivity contribution in [3.05, 3.63) is 59.6 Å². The van der Waals surface area contributed by atoms with Crippen molar-refractivity contribution >= 4 is 29.1 Å². The molecule has 2 aromatic rings. The molecule has 0 aliphatic heterocycles. The summed E-state index contributed by atoms with van der Waals surface area (Å²) in [5.41, 5.74) is 0.135. The van der Waals surface area contributed by atoms with Gasteiger partial charge < -0.3 is 10.6 Å². The van der Waals surface area contributed by atoms with Crippen LogP contribution in [0.15, 0.2) is 48.3 Å². The zero-order valence-corrected chi connectivity index (χ0v) is 12.2. The number of pyridine rings is 2. The summed E-state index contributed by atoms with van der Waals surface area (Å²) in [5.74, 6) is -0.358. The highest BCUT2D eigenvalue weighted by Gasteiger charge is 2.28. The molecule has 2 aromatic heterocycles. The number of hydrogen-bond donors (Lipinski definition) is 2. The first kappa shape index (κ1) is 14.6. The van der Waals surface area contributed by atoms with Crippen LogP contribution in [0.1, 0.15) is 27.8 Å². The third kappa shape index (κ3) is 2.98. The van der Waals surface area contributed by atoms with Gasteiger partial charge in [-0.15, -0.1) is 0 Å². The smallest absolute Gasteiger partial charge is 0.228 e. The molecule has 1 aliphatic carbocycles. The van der Waals surface area contributed by atoms with Crippen molar-refractivity contribution in [2.45, 2.75) is 6.92 Å². The van der Waals surface area contributed by atoms with Crippen LogP contribution in [0.4, 0.5) is 11.6 Å². The van der Waals surface area contributed by atoms with Gasteiger partial charge in [0, 0.05) is 19.2 Å². The zero-order chi connectivity index (χ0) is 16.4. The molecule has 7 heteroatoms. The molecule has 0 saturated carbocycles. The Morgan fingerprint density at radius 1 is 1.09 bits per heavy atom. The van der Waals surface area contributed by atoms with Crippen molar-refractivity contribution in [3.63, 3.8) is 0 Å². The highest BCUT2D eigenvalue weighted by atomic mass is 16.2. The van der Waals surface area contributed by atoms with Crippen molar-refractivity contribution in [1.29, 1.82) is 0 Å². The van der Waals surface area contributed by atoms with Gasteiger partial charge in [0.2, 0.25) is 11.7 Å². The molecule has 0 spiro atoms. The molecule has 0 aromatic carbocycles. The molecule has 0 bridgehead atoms. The molecular weight excluding hydrogens is 296 g/mol. The number of allylic oxidation sites excluding steroid dienone is 2. The summed E-state index contributed by atoms with van der Waals surface area (Å²) in [6.45, 7) is 1.26. The van der Waals surface area contributed by atoms with E-state index in [-0.39, 0.29) is 22.7 Å². The van der Waals surface area contributed by atoms with Gasteiger partial charge in [-0.2, -0.15) is 0 Å². The van der Waals surface area contributed by atoms with E-state index < -0.39 is 11.7 Å². The van der Waals surface area contributed by atoms with Gasteiger partial charge >= 0.3 is 0 Å². The Morgan fingerprint density at radius 3 is 2.61 bits per heavy atom. The van der Waals surface area contributed by atoms with Crippen molar-refractivity contribution in [2.24, 2.45) is 0 Å². The summed E-state index contributed by atoms with van der Waals surface area (Å²) in [6, 6.07) is 8.44. The van der Waals surface area contributed by atoms with Crippen LogP contribution in [0.25, 0.3) is 0 Å². The minimum Gasteiger partial charge on any atom is -0.325 e. The average molecular weight is 308 g/mol. The van der Waals surface area contributed by atoms with Crippen molar-refractivity contribution in [3.8, 4) is 0 Å². The predicted octanol–water partition coefficient (Wildman–Crippen LogP) is 1.62. The van der Waals surface area contributed by atoms with Crippen molar-refractivity contribution in [1.82, 2.24) is 15.3 Å². The van der Waals surface area contributed by atoms with Gasteiger partial charge in [-0.1, -0.05) is 6.07 Å². The second-order valence-electron chi connectivity index (χ2n) is 4.87. The number of amides is 1. The predicted molar refractivity (Wildman–Crippen MR) is 82.3 cm³/mol. The Hall–Kier alpha value is -3.35. The van der Waals surface area contributed by atoms with Gasteiger partial charge in [-0.3, -0.25) is 14.4 Å². The molecule has 114 valence electrons. The molecule has 0 unspecified atom stereocenters. The molecule has 0 saturated heterocycles. The Bertz CT molecular complexity index is 844. The molecule has 0 atom stereocenters. The van der Waals surface area contributed by atoms with Gasteiger partial charge in [0.25, 0.3) is 0 Å². The number of anilines is 2. The third-order valence-corrected chi connectivity index (χ3v) is 3.13. The fourth-order valence-electron chi connectivity index (χ4n) is 2.15. The van der Waals surface area contributed by atoms with Crippen LogP contribution in [0.5, 0.6) is 0 Å². The Morgan fingerprint density at radius 2 is 1.91 bits per heavy atom. The highest BCUT2D eigenvalue weighted by molar-refractivity contribution is 6.24. The number of rotatable bonds is 3. The van der Waals surface area contributed by atoms with Crippen molar-refractivity contribution in [2.75, 3.05) is 5.32 Å². The normalized spacial score (nSPS) is 13.2. The van der Waals surface area contributed by atoms with Crippen LogP contribution in [-0.2, 0) is 4.79 Å². The van der Waals surface area contributed by atoms with Gasteiger partial charge in [-0.05, 0) is 24.3 Å². The topological polar surface area (TPSA) is 101 Å². The van der Waals surface area contributed by atoms with E-state index in [0.29, 0.717) is 11.6 Å². The number of carbonyl (C=O) groups is 3. The number of ketones is 2. The number of nitrogens with zero attached hydrogens (tertiary/aromatic N) is 2. The Kier molecular flexibility index (Phi) is 3.68. The van der Waals surface area contributed by atoms with Crippen LogP contribution >= 0.6 is 0 Å². The summed E-state index contributed by atoms with van der Waals surface area (Å²) in [7, 11) is 0. The van der Waals surface area contributed by atoms with Crippen LogP contribution in [-0.4, -0.2) is 27.4 Å². The second kappa shape index (κ2) is 5.80. The maximum absolute atomic E-state index is 12.4. The minimum absolute atomic E-state index is 0.00202. The Labute approximate surface area is 131 Å². The molecule has 0 fully saturated rings. The SMILES string of the molecule is CC(=O)NC1=CC(=O)c2ccc(Nc3ccccn3)nc2C1=O. The average Bonchev–Trinajstić information content (AvgIpc) is 2.53. The van der Waals surface area contributed by atoms with Gasteiger partial charge in [0.05, 0.1) is 11.3 Å². The molecule has 7 nitrogen and oxygen atoms in total. The lowest BCUT2D eigenvalue weighted by atomic mass is 9.97. The monoisotopic (exact) mass is 308 g/mol. The maximum Gasteiger partial charge on any atom is 0.228 e. The van der Waals surface area contributed by atoms with Crippen molar-refractivity contribution < 1.29 is 14.4 Å². The molecule has 1 aliphatic rings. The first-order valence-electron chi connectivity index (χ1n) is 6.82. The molecule has 3 rings (SSSR count). The van der Waals surface area contributed by atoms with E-state index in [4.69, 9.17) is 0 Å². The van der Waals surface area contributed by atoms with Crippen LogP contribution in [0.3, 0.4) is 0 Å². The van der Waals surface area contributed by atoms with Crippen LogP contribution in [0.2, 0.25) is 0 Å². The van der Waals surface area contributed by atoms with E-state index in [1.165, 1.54) is 13.0 Å². The van der Waals surface area contributed by atoms with E-state index >= 15 is 0 Å². The quantitative estimate of drug-likeness (QED) is 0.893. The fourth-order valence-corrected chi connectivity index (χ4v) is 2.15. The zero-order valence-electron chi connectivity index (χ0n) is 12.2. The second-order valence-corrected chi connectivity index (χ2v) is 4.87. The fraction of sp³-hybridized carbons (Fsp3) is 0.0625. The van der Waals surface area contributed by atoms with Gasteiger partial charge in [0.15, 0.2) is 5.78 Å². The number of carbonyl (C=O) groups excluding carboxylic acids is 3. The van der Waals surface area contributed by atoms with E-state index in [9.17, 15) is 14.4 Å². The number of fused-ring (bicyclic) bond motifs is 1. The van der Waals surface area contributed by atoms with E-state index in [1.54, 1.807) is 30.5 Å². The molecule has 2 heterocycles. The largest absolute Gasteiger partial charge is 0.325 e. The minimum atomic E-state index is -0.500. The lowest BCUT2D eigenvalue weighted by Gasteiger charge is -2.15. The number of hydrogen-bond acceptors (Lipinski definition) is 6.